The number of benzene rings is 1. The standard InChI is InChI=1S/C19H23N3O2S/c23-16-12-25-15(11-13-7-3-1-4-8-13)17-18(20-16)22(21-19(17)24)14-9-5-2-6-10-14/h1,3-4,7-8,14-15H,2,5-6,9-12H2,(H,20,23)(H,21,24)/t15-/m0/s1. The highest BCUT2D eigenvalue weighted by Crippen LogP contribution is 2.39. The van der Waals surface area contributed by atoms with Gasteiger partial charge in [-0.25, -0.2) is 0 Å². The van der Waals surface area contributed by atoms with Crippen LogP contribution in [0.15, 0.2) is 35.1 Å². The second-order valence-corrected chi connectivity index (χ2v) is 8.09. The van der Waals surface area contributed by atoms with Crippen LogP contribution in [-0.2, 0) is 11.2 Å². The van der Waals surface area contributed by atoms with Gasteiger partial charge in [0.2, 0.25) is 5.91 Å². The highest BCUT2D eigenvalue weighted by atomic mass is 32.2. The summed E-state index contributed by atoms with van der Waals surface area (Å²) >= 11 is 1.56. The van der Waals surface area contributed by atoms with Gasteiger partial charge in [0.25, 0.3) is 5.56 Å². The summed E-state index contributed by atoms with van der Waals surface area (Å²) in [4.78, 5) is 25.0. The lowest BCUT2D eigenvalue weighted by molar-refractivity contribution is -0.113. The number of fused-ring (bicyclic) bond motifs is 1. The van der Waals surface area contributed by atoms with Crippen LogP contribution in [-0.4, -0.2) is 21.4 Å². The third-order valence-corrected chi connectivity index (χ3v) is 6.40. The summed E-state index contributed by atoms with van der Waals surface area (Å²) in [6.07, 6.45) is 6.48. The molecule has 1 atom stereocenters. The molecule has 2 heterocycles. The van der Waals surface area contributed by atoms with Crippen LogP contribution in [0.3, 0.4) is 0 Å². The second-order valence-electron chi connectivity index (χ2n) is 6.90. The molecule has 1 aromatic carbocycles. The summed E-state index contributed by atoms with van der Waals surface area (Å²) in [6.45, 7) is 0. The highest BCUT2D eigenvalue weighted by molar-refractivity contribution is 8.00. The molecule has 1 aromatic heterocycles. The van der Waals surface area contributed by atoms with E-state index < -0.39 is 0 Å². The molecule has 6 heteroatoms. The van der Waals surface area contributed by atoms with E-state index in [2.05, 4.69) is 22.5 Å². The van der Waals surface area contributed by atoms with Crippen LogP contribution in [0.25, 0.3) is 0 Å². The maximum Gasteiger partial charge on any atom is 0.270 e. The molecule has 0 spiro atoms. The first-order chi connectivity index (χ1) is 12.2. The molecule has 0 saturated heterocycles. The van der Waals surface area contributed by atoms with Crippen molar-refractivity contribution in [2.75, 3.05) is 11.1 Å². The first-order valence-corrected chi connectivity index (χ1v) is 10.1. The molecule has 4 rings (SSSR count). The molecule has 1 aliphatic carbocycles. The molecule has 2 aromatic rings. The molecule has 25 heavy (non-hydrogen) atoms. The van der Waals surface area contributed by atoms with Gasteiger partial charge >= 0.3 is 0 Å². The number of carbonyl (C=O) groups is 1. The van der Waals surface area contributed by atoms with E-state index in [1.807, 2.05) is 22.9 Å². The summed E-state index contributed by atoms with van der Waals surface area (Å²) in [5.41, 5.74) is 1.85. The average molecular weight is 357 g/mol. The highest BCUT2D eigenvalue weighted by Gasteiger charge is 2.31. The van der Waals surface area contributed by atoms with Crippen molar-refractivity contribution in [1.29, 1.82) is 0 Å². The van der Waals surface area contributed by atoms with Gasteiger partial charge in [-0.3, -0.25) is 19.4 Å². The van der Waals surface area contributed by atoms with Crippen LogP contribution in [0, 0.1) is 0 Å². The van der Waals surface area contributed by atoms with Gasteiger partial charge in [0.05, 0.1) is 17.4 Å². The van der Waals surface area contributed by atoms with Crippen molar-refractivity contribution in [3.05, 3.63) is 51.8 Å². The first kappa shape index (κ1) is 16.5. The number of carbonyl (C=O) groups excluding carboxylic acids is 1. The maximum atomic E-state index is 12.7. The van der Waals surface area contributed by atoms with Gasteiger partial charge in [-0.15, -0.1) is 11.8 Å². The van der Waals surface area contributed by atoms with Crippen LogP contribution in [0.5, 0.6) is 0 Å². The van der Waals surface area contributed by atoms with E-state index >= 15 is 0 Å². The average Bonchev–Trinajstić information content (AvgIpc) is 2.86. The van der Waals surface area contributed by atoms with Crippen LogP contribution < -0.4 is 10.9 Å². The normalized spacial score (nSPS) is 21.4. The smallest absolute Gasteiger partial charge is 0.270 e. The van der Waals surface area contributed by atoms with Crippen molar-refractivity contribution in [1.82, 2.24) is 9.78 Å². The summed E-state index contributed by atoms with van der Waals surface area (Å²) in [7, 11) is 0. The molecule has 1 saturated carbocycles. The van der Waals surface area contributed by atoms with E-state index in [0.717, 1.165) is 24.8 Å². The fourth-order valence-corrected chi connectivity index (χ4v) is 5.04. The summed E-state index contributed by atoms with van der Waals surface area (Å²) in [6, 6.07) is 10.5. The Hall–Kier alpha value is -1.95. The number of aromatic amines is 1. The molecule has 1 fully saturated rings. The molecule has 0 radical (unpaired) electrons. The molecule has 132 valence electrons. The van der Waals surface area contributed by atoms with Gasteiger partial charge in [-0.2, -0.15) is 0 Å². The fraction of sp³-hybridized carbons (Fsp3) is 0.474. The molecule has 2 aliphatic rings. The zero-order valence-electron chi connectivity index (χ0n) is 14.2. The lowest BCUT2D eigenvalue weighted by Crippen LogP contribution is -2.21. The van der Waals surface area contributed by atoms with Gasteiger partial charge in [0.15, 0.2) is 0 Å². The maximum absolute atomic E-state index is 12.7. The number of nitrogens with zero attached hydrogens (tertiary/aromatic N) is 1. The Balaban J connectivity index is 1.72. The summed E-state index contributed by atoms with van der Waals surface area (Å²) < 4.78 is 1.94. The van der Waals surface area contributed by atoms with E-state index in [1.165, 1.54) is 24.8 Å². The van der Waals surface area contributed by atoms with Crippen molar-refractivity contribution in [2.45, 2.75) is 49.8 Å². The molecular weight excluding hydrogens is 334 g/mol. The number of aromatic nitrogens is 2. The van der Waals surface area contributed by atoms with Gasteiger partial charge in [-0.05, 0) is 24.8 Å². The Morgan fingerprint density at radius 3 is 2.60 bits per heavy atom. The Morgan fingerprint density at radius 1 is 1.08 bits per heavy atom. The van der Waals surface area contributed by atoms with Crippen LogP contribution >= 0.6 is 11.8 Å². The van der Waals surface area contributed by atoms with E-state index in [4.69, 9.17) is 0 Å². The van der Waals surface area contributed by atoms with Crippen LogP contribution in [0.4, 0.5) is 5.82 Å². The van der Waals surface area contributed by atoms with E-state index in [-0.39, 0.29) is 22.8 Å². The van der Waals surface area contributed by atoms with Crippen molar-refractivity contribution >= 4 is 23.5 Å². The largest absolute Gasteiger partial charge is 0.310 e. The second kappa shape index (κ2) is 7.12. The predicted molar refractivity (Wildman–Crippen MR) is 101 cm³/mol. The topological polar surface area (TPSA) is 66.9 Å². The van der Waals surface area contributed by atoms with E-state index in [9.17, 15) is 9.59 Å². The minimum Gasteiger partial charge on any atom is -0.310 e. The minimum absolute atomic E-state index is 0.00931. The number of amides is 1. The third kappa shape index (κ3) is 3.40. The molecule has 0 unspecified atom stereocenters. The zero-order valence-corrected chi connectivity index (χ0v) is 15.0. The molecule has 2 N–H and O–H groups in total. The Labute approximate surface area is 151 Å². The van der Waals surface area contributed by atoms with Crippen molar-refractivity contribution in [3.8, 4) is 0 Å². The number of hydrogen-bond donors (Lipinski definition) is 2. The molecular formula is C19H23N3O2S. The van der Waals surface area contributed by atoms with Crippen molar-refractivity contribution < 1.29 is 4.79 Å². The van der Waals surface area contributed by atoms with Crippen molar-refractivity contribution in [2.24, 2.45) is 0 Å². The molecule has 1 amide bonds. The Morgan fingerprint density at radius 2 is 1.84 bits per heavy atom. The monoisotopic (exact) mass is 357 g/mol. The van der Waals surface area contributed by atoms with Gasteiger partial charge < -0.3 is 5.32 Å². The van der Waals surface area contributed by atoms with Crippen molar-refractivity contribution in [3.63, 3.8) is 0 Å². The summed E-state index contributed by atoms with van der Waals surface area (Å²) in [5.74, 6) is 1.06. The lowest BCUT2D eigenvalue weighted by Gasteiger charge is -2.24. The van der Waals surface area contributed by atoms with Gasteiger partial charge in [-0.1, -0.05) is 49.6 Å². The number of anilines is 1. The quantitative estimate of drug-likeness (QED) is 0.881. The van der Waals surface area contributed by atoms with Crippen LogP contribution in [0.1, 0.15) is 54.5 Å². The number of thioether (sulfide) groups is 1. The predicted octanol–water partition coefficient (Wildman–Crippen LogP) is 3.65. The Kier molecular flexibility index (Phi) is 4.70. The fourth-order valence-electron chi connectivity index (χ4n) is 3.92. The van der Waals surface area contributed by atoms with E-state index in [0.29, 0.717) is 11.6 Å². The van der Waals surface area contributed by atoms with Gasteiger partial charge in [0.1, 0.15) is 5.82 Å². The number of H-pyrrole nitrogens is 1. The first-order valence-electron chi connectivity index (χ1n) is 9.02. The Bertz CT molecular complexity index is 806. The van der Waals surface area contributed by atoms with E-state index in [1.54, 1.807) is 11.8 Å². The summed E-state index contributed by atoms with van der Waals surface area (Å²) in [5, 5.41) is 6.01. The zero-order chi connectivity index (χ0) is 17.2. The third-order valence-electron chi connectivity index (χ3n) is 5.16. The molecule has 1 aliphatic heterocycles. The number of hydrogen-bond acceptors (Lipinski definition) is 3. The SMILES string of the molecule is O=C1CS[C@@H](Cc2ccccc2)c2c(n(C3CCCCC3)[nH]c2=O)N1. The number of rotatable bonds is 3. The molecule has 5 nitrogen and oxygen atoms in total. The minimum atomic E-state index is -0.0591. The van der Waals surface area contributed by atoms with Gasteiger partial charge in [0, 0.05) is 5.25 Å². The lowest BCUT2D eigenvalue weighted by atomic mass is 9.95. The molecule has 0 bridgehead atoms. The van der Waals surface area contributed by atoms with Crippen LogP contribution in [0.2, 0.25) is 0 Å². The number of nitrogens with one attached hydrogen (secondary N) is 2.